The van der Waals surface area contributed by atoms with Gasteiger partial charge in [0.05, 0.1) is 10.7 Å². The molecule has 1 aromatic carbocycles. The second kappa shape index (κ2) is 9.68. The summed E-state index contributed by atoms with van der Waals surface area (Å²) < 4.78 is 0. The monoisotopic (exact) mass is 400 g/mol. The number of urea groups is 1. The summed E-state index contributed by atoms with van der Waals surface area (Å²) in [7, 11) is 0. The Kier molecular flexibility index (Phi) is 7.03. The summed E-state index contributed by atoms with van der Waals surface area (Å²) in [6.45, 7) is 5.32. The Labute approximate surface area is 170 Å². The quantitative estimate of drug-likeness (QED) is 0.762. The molecule has 0 radical (unpaired) electrons. The number of piperidine rings is 1. The van der Waals surface area contributed by atoms with Crippen LogP contribution in [0.5, 0.6) is 0 Å². The summed E-state index contributed by atoms with van der Waals surface area (Å²) in [5.41, 5.74) is 1.61. The van der Waals surface area contributed by atoms with Gasteiger partial charge in [0.1, 0.15) is 4.88 Å². The third kappa shape index (κ3) is 5.32. The van der Waals surface area contributed by atoms with Gasteiger partial charge in [-0.05, 0) is 44.7 Å². The maximum absolute atomic E-state index is 12.6. The fourth-order valence-corrected chi connectivity index (χ4v) is 4.31. The second-order valence-corrected chi connectivity index (χ2v) is 8.24. The lowest BCUT2D eigenvalue weighted by Crippen LogP contribution is -2.47. The van der Waals surface area contributed by atoms with Gasteiger partial charge >= 0.3 is 6.03 Å². The van der Waals surface area contributed by atoms with Crippen LogP contribution in [0.3, 0.4) is 0 Å². The predicted octanol–water partition coefficient (Wildman–Crippen LogP) is 4.22. The number of rotatable bonds is 6. The number of benzene rings is 1. The van der Waals surface area contributed by atoms with E-state index in [0.29, 0.717) is 13.1 Å². The van der Waals surface area contributed by atoms with E-state index < -0.39 is 0 Å². The van der Waals surface area contributed by atoms with Gasteiger partial charge in [-0.2, -0.15) is 0 Å². The zero-order chi connectivity index (χ0) is 19.9. The zero-order valence-corrected chi connectivity index (χ0v) is 17.3. The van der Waals surface area contributed by atoms with E-state index in [9.17, 15) is 9.59 Å². The molecule has 28 heavy (non-hydrogen) atoms. The molecule has 0 saturated carbocycles. The number of nitrogens with one attached hydrogen (secondary N) is 2. The number of hydrogen-bond acceptors (Lipinski definition) is 4. The average Bonchev–Trinajstić information content (AvgIpc) is 3.08. The van der Waals surface area contributed by atoms with Crippen LogP contribution in [-0.4, -0.2) is 41.0 Å². The van der Waals surface area contributed by atoms with Crippen LogP contribution in [0, 0.1) is 6.92 Å². The van der Waals surface area contributed by atoms with Crippen molar-refractivity contribution in [1.29, 1.82) is 0 Å². The van der Waals surface area contributed by atoms with Crippen LogP contribution in [0.4, 0.5) is 10.5 Å². The molecule has 1 aliphatic rings. The number of amides is 3. The molecule has 2 heterocycles. The summed E-state index contributed by atoms with van der Waals surface area (Å²) >= 11 is 1.51. The molecule has 1 aromatic heterocycles. The Balaban J connectivity index is 1.48. The number of carbonyl (C=O) groups is 2. The van der Waals surface area contributed by atoms with Crippen LogP contribution >= 0.6 is 11.3 Å². The topological polar surface area (TPSA) is 74.3 Å². The van der Waals surface area contributed by atoms with Crippen molar-refractivity contribution in [3.63, 3.8) is 0 Å². The van der Waals surface area contributed by atoms with Gasteiger partial charge in [-0.3, -0.25) is 4.79 Å². The number of aromatic nitrogens is 1. The minimum absolute atomic E-state index is 0.0371. The fourth-order valence-electron chi connectivity index (χ4n) is 3.30. The van der Waals surface area contributed by atoms with Crippen molar-refractivity contribution in [2.45, 2.75) is 52.0 Å². The Bertz CT molecular complexity index is 798. The summed E-state index contributed by atoms with van der Waals surface area (Å²) in [5, 5.41) is 7.08. The Morgan fingerprint density at radius 3 is 2.61 bits per heavy atom. The summed E-state index contributed by atoms with van der Waals surface area (Å²) in [6, 6.07) is 9.46. The third-order valence-electron chi connectivity index (χ3n) is 4.93. The van der Waals surface area contributed by atoms with E-state index in [-0.39, 0.29) is 18.0 Å². The highest BCUT2D eigenvalue weighted by Gasteiger charge is 2.25. The van der Waals surface area contributed by atoms with Crippen molar-refractivity contribution in [3.05, 3.63) is 45.9 Å². The van der Waals surface area contributed by atoms with E-state index in [1.165, 1.54) is 11.3 Å². The second-order valence-electron chi connectivity index (χ2n) is 7.16. The fraction of sp³-hybridized carbons (Fsp3) is 0.476. The highest BCUT2D eigenvalue weighted by molar-refractivity contribution is 7.13. The minimum Gasteiger partial charge on any atom is -0.348 e. The smallest absolute Gasteiger partial charge is 0.321 e. The SMILES string of the molecule is CCCCc1nc(C)c(C(=O)NC2CCN(C(=O)Nc3ccccc3)CC2)s1. The molecule has 0 atom stereocenters. The van der Waals surface area contributed by atoms with Gasteiger partial charge in [0.25, 0.3) is 5.91 Å². The van der Waals surface area contributed by atoms with Crippen molar-refractivity contribution in [2.24, 2.45) is 0 Å². The highest BCUT2D eigenvalue weighted by atomic mass is 32.1. The number of aryl methyl sites for hydroxylation is 2. The molecule has 0 bridgehead atoms. The molecular formula is C21H28N4O2S. The van der Waals surface area contributed by atoms with Crippen molar-refractivity contribution in [2.75, 3.05) is 18.4 Å². The van der Waals surface area contributed by atoms with Crippen LogP contribution in [0.15, 0.2) is 30.3 Å². The van der Waals surface area contributed by atoms with Gasteiger partial charge in [-0.15, -0.1) is 11.3 Å². The van der Waals surface area contributed by atoms with E-state index >= 15 is 0 Å². The maximum Gasteiger partial charge on any atom is 0.321 e. The molecule has 0 unspecified atom stereocenters. The first kappa shape index (κ1) is 20.3. The molecule has 0 aliphatic carbocycles. The third-order valence-corrected chi connectivity index (χ3v) is 6.15. The van der Waals surface area contributed by atoms with Gasteiger partial charge in [0, 0.05) is 24.8 Å². The van der Waals surface area contributed by atoms with Crippen molar-refractivity contribution < 1.29 is 9.59 Å². The van der Waals surface area contributed by atoms with Gasteiger partial charge in [-0.25, -0.2) is 9.78 Å². The first-order valence-corrected chi connectivity index (χ1v) is 10.8. The molecule has 1 fully saturated rings. The lowest BCUT2D eigenvalue weighted by molar-refractivity contribution is 0.0922. The first-order chi connectivity index (χ1) is 13.6. The molecular weight excluding hydrogens is 372 g/mol. The lowest BCUT2D eigenvalue weighted by atomic mass is 10.1. The standard InChI is InChI=1S/C21H28N4O2S/c1-3-4-10-18-22-15(2)19(28-18)20(26)23-17-11-13-25(14-12-17)21(27)24-16-8-6-5-7-9-16/h5-9,17H,3-4,10-14H2,1-2H3,(H,23,26)(H,24,27). The molecule has 6 nitrogen and oxygen atoms in total. The largest absolute Gasteiger partial charge is 0.348 e. The van der Waals surface area contributed by atoms with E-state index in [4.69, 9.17) is 0 Å². The first-order valence-electron chi connectivity index (χ1n) is 9.95. The van der Waals surface area contributed by atoms with E-state index in [0.717, 1.165) is 53.4 Å². The average molecular weight is 401 g/mol. The van der Waals surface area contributed by atoms with Crippen molar-refractivity contribution >= 4 is 29.0 Å². The molecule has 2 aromatic rings. The number of nitrogens with zero attached hydrogens (tertiary/aromatic N) is 2. The summed E-state index contributed by atoms with van der Waals surface area (Å²) in [5.74, 6) is -0.0371. The molecule has 3 rings (SSSR count). The number of hydrogen-bond donors (Lipinski definition) is 2. The van der Waals surface area contributed by atoms with Crippen molar-refractivity contribution in [1.82, 2.24) is 15.2 Å². The van der Waals surface area contributed by atoms with E-state index in [1.807, 2.05) is 37.3 Å². The molecule has 2 N–H and O–H groups in total. The molecule has 0 spiro atoms. The van der Waals surface area contributed by atoms with Gasteiger partial charge in [-0.1, -0.05) is 31.5 Å². The number of thiazole rings is 1. The zero-order valence-electron chi connectivity index (χ0n) is 16.5. The maximum atomic E-state index is 12.6. The van der Waals surface area contributed by atoms with Crippen LogP contribution in [-0.2, 0) is 6.42 Å². The Morgan fingerprint density at radius 1 is 1.21 bits per heavy atom. The lowest BCUT2D eigenvalue weighted by Gasteiger charge is -2.32. The minimum atomic E-state index is -0.0881. The van der Waals surface area contributed by atoms with E-state index in [1.54, 1.807) is 4.90 Å². The molecule has 1 saturated heterocycles. The normalized spacial score (nSPS) is 14.7. The molecule has 150 valence electrons. The number of likely N-dealkylation sites (tertiary alicyclic amines) is 1. The van der Waals surface area contributed by atoms with Gasteiger partial charge < -0.3 is 15.5 Å². The predicted molar refractivity (Wildman–Crippen MR) is 113 cm³/mol. The van der Waals surface area contributed by atoms with Gasteiger partial charge in [0.15, 0.2) is 0 Å². The summed E-state index contributed by atoms with van der Waals surface area (Å²) in [6.07, 6.45) is 4.67. The number of carbonyl (C=O) groups excluding carboxylic acids is 2. The number of anilines is 1. The number of unbranched alkanes of at least 4 members (excludes halogenated alkanes) is 1. The van der Waals surface area contributed by atoms with Crippen LogP contribution in [0.1, 0.15) is 53.0 Å². The van der Waals surface area contributed by atoms with Crippen molar-refractivity contribution in [3.8, 4) is 0 Å². The number of para-hydroxylation sites is 1. The highest BCUT2D eigenvalue weighted by Crippen LogP contribution is 2.21. The Hall–Kier alpha value is -2.41. The molecule has 1 aliphatic heterocycles. The van der Waals surface area contributed by atoms with Crippen LogP contribution in [0.2, 0.25) is 0 Å². The Morgan fingerprint density at radius 2 is 1.93 bits per heavy atom. The summed E-state index contributed by atoms with van der Waals surface area (Å²) in [4.78, 5) is 32.1. The van der Waals surface area contributed by atoms with E-state index in [2.05, 4.69) is 22.5 Å². The van der Waals surface area contributed by atoms with Gasteiger partial charge in [0.2, 0.25) is 0 Å². The van der Waals surface area contributed by atoms with Crippen LogP contribution < -0.4 is 10.6 Å². The molecule has 3 amide bonds. The molecule has 7 heteroatoms. The van der Waals surface area contributed by atoms with Crippen LogP contribution in [0.25, 0.3) is 0 Å².